The van der Waals surface area contributed by atoms with Gasteiger partial charge in [0.05, 0.1) is 0 Å². The maximum absolute atomic E-state index is 5.51. The van der Waals surface area contributed by atoms with Gasteiger partial charge in [0, 0.05) is 18.6 Å². The zero-order chi connectivity index (χ0) is 12.8. The summed E-state index contributed by atoms with van der Waals surface area (Å²) >= 11 is 0. The van der Waals surface area contributed by atoms with Gasteiger partial charge >= 0.3 is 0 Å². The molecule has 2 atom stereocenters. The summed E-state index contributed by atoms with van der Waals surface area (Å²) in [6.07, 6.45) is 10.9. The first-order chi connectivity index (χ1) is 8.81. The van der Waals surface area contributed by atoms with E-state index >= 15 is 0 Å². The lowest BCUT2D eigenvalue weighted by Crippen LogP contribution is -2.37. The summed E-state index contributed by atoms with van der Waals surface area (Å²) < 4.78 is 0. The molecule has 2 fully saturated rings. The minimum absolute atomic E-state index is 0.842. The van der Waals surface area contributed by atoms with Crippen molar-refractivity contribution in [1.82, 2.24) is 9.80 Å². The SMILES string of the molecule is CN1C2CCC1CN(CCCCCCCN)CC2. The van der Waals surface area contributed by atoms with Crippen LogP contribution >= 0.6 is 0 Å². The Bertz CT molecular complexity index is 232. The Morgan fingerprint density at radius 3 is 2.50 bits per heavy atom. The number of fused-ring (bicyclic) bond motifs is 2. The Morgan fingerprint density at radius 1 is 0.944 bits per heavy atom. The second-order valence-corrected chi connectivity index (χ2v) is 6.20. The van der Waals surface area contributed by atoms with Gasteiger partial charge in [-0.25, -0.2) is 0 Å². The predicted molar refractivity (Wildman–Crippen MR) is 77.8 cm³/mol. The third-order valence-corrected chi connectivity index (χ3v) is 4.91. The number of unbranched alkanes of at least 4 members (excludes halogenated alkanes) is 4. The largest absolute Gasteiger partial charge is 0.330 e. The Morgan fingerprint density at radius 2 is 1.67 bits per heavy atom. The molecule has 2 N–H and O–H groups in total. The summed E-state index contributed by atoms with van der Waals surface area (Å²) in [6.45, 7) is 4.82. The second-order valence-electron chi connectivity index (χ2n) is 6.20. The highest BCUT2D eigenvalue weighted by Crippen LogP contribution is 2.28. The minimum atomic E-state index is 0.842. The fourth-order valence-electron chi connectivity index (χ4n) is 3.59. The highest BCUT2D eigenvalue weighted by atomic mass is 15.3. The number of hydrogen-bond acceptors (Lipinski definition) is 3. The molecule has 0 amide bonds. The number of nitrogens with zero attached hydrogens (tertiary/aromatic N) is 2. The van der Waals surface area contributed by atoms with E-state index in [1.807, 2.05) is 0 Å². The van der Waals surface area contributed by atoms with Crippen LogP contribution < -0.4 is 5.73 Å². The van der Waals surface area contributed by atoms with Gasteiger partial charge in [-0.1, -0.05) is 19.3 Å². The second kappa shape index (κ2) is 7.46. The van der Waals surface area contributed by atoms with Crippen LogP contribution in [0.2, 0.25) is 0 Å². The number of likely N-dealkylation sites (tertiary alicyclic amines) is 1. The molecule has 0 aromatic heterocycles. The molecule has 2 aliphatic rings. The first-order valence-electron chi connectivity index (χ1n) is 7.95. The first kappa shape index (κ1) is 14.3. The molecule has 2 heterocycles. The molecule has 0 radical (unpaired) electrons. The normalized spacial score (nSPS) is 29.7. The number of hydrogen-bond donors (Lipinski definition) is 1. The fourth-order valence-corrected chi connectivity index (χ4v) is 3.59. The molecule has 3 heteroatoms. The first-order valence-corrected chi connectivity index (χ1v) is 7.95. The molecule has 18 heavy (non-hydrogen) atoms. The minimum Gasteiger partial charge on any atom is -0.330 e. The van der Waals surface area contributed by atoms with Crippen LogP contribution in [0.3, 0.4) is 0 Å². The van der Waals surface area contributed by atoms with E-state index < -0.39 is 0 Å². The molecule has 3 nitrogen and oxygen atoms in total. The van der Waals surface area contributed by atoms with Crippen molar-refractivity contribution in [2.24, 2.45) is 5.73 Å². The van der Waals surface area contributed by atoms with Crippen molar-refractivity contribution >= 4 is 0 Å². The van der Waals surface area contributed by atoms with Gasteiger partial charge in [-0.2, -0.15) is 0 Å². The van der Waals surface area contributed by atoms with Crippen LogP contribution in [0.1, 0.15) is 51.4 Å². The third-order valence-electron chi connectivity index (χ3n) is 4.91. The smallest absolute Gasteiger partial charge is 0.0223 e. The van der Waals surface area contributed by atoms with E-state index in [0.717, 1.165) is 18.6 Å². The van der Waals surface area contributed by atoms with E-state index in [-0.39, 0.29) is 0 Å². The number of rotatable bonds is 7. The lowest BCUT2D eigenvalue weighted by Gasteiger charge is -2.25. The van der Waals surface area contributed by atoms with Gasteiger partial charge < -0.3 is 10.6 Å². The molecule has 0 aromatic carbocycles. The molecular formula is C15H31N3. The van der Waals surface area contributed by atoms with Crippen molar-refractivity contribution in [2.45, 2.75) is 63.5 Å². The van der Waals surface area contributed by atoms with Gasteiger partial charge in [0.2, 0.25) is 0 Å². The van der Waals surface area contributed by atoms with Crippen LogP contribution in [-0.2, 0) is 0 Å². The molecule has 0 spiro atoms. The van der Waals surface area contributed by atoms with Crippen molar-refractivity contribution in [3.63, 3.8) is 0 Å². The average molecular weight is 253 g/mol. The summed E-state index contributed by atoms with van der Waals surface area (Å²) in [4.78, 5) is 5.35. The number of likely N-dealkylation sites (N-methyl/N-ethyl adjacent to an activating group) is 1. The zero-order valence-corrected chi connectivity index (χ0v) is 12.1. The van der Waals surface area contributed by atoms with Crippen molar-refractivity contribution in [1.29, 1.82) is 0 Å². The monoisotopic (exact) mass is 253 g/mol. The van der Waals surface area contributed by atoms with Crippen LogP contribution in [0.4, 0.5) is 0 Å². The molecule has 2 unspecified atom stereocenters. The predicted octanol–water partition coefficient (Wildman–Crippen LogP) is 2.06. The molecule has 106 valence electrons. The van der Waals surface area contributed by atoms with Gasteiger partial charge in [0.25, 0.3) is 0 Å². The van der Waals surface area contributed by atoms with E-state index in [0.29, 0.717) is 0 Å². The van der Waals surface area contributed by atoms with Crippen molar-refractivity contribution in [2.75, 3.05) is 33.2 Å². The molecule has 2 rings (SSSR count). The van der Waals surface area contributed by atoms with Crippen LogP contribution in [0.25, 0.3) is 0 Å². The molecule has 0 saturated carbocycles. The van der Waals surface area contributed by atoms with Gasteiger partial charge in [0.15, 0.2) is 0 Å². The van der Waals surface area contributed by atoms with Crippen LogP contribution in [0, 0.1) is 0 Å². The van der Waals surface area contributed by atoms with Gasteiger partial charge in [-0.05, 0) is 58.8 Å². The van der Waals surface area contributed by atoms with Gasteiger partial charge in [-0.3, -0.25) is 4.90 Å². The van der Waals surface area contributed by atoms with Crippen LogP contribution in [0.5, 0.6) is 0 Å². The standard InChI is InChI=1S/C15H31N3/c1-17-14-7-8-15(17)13-18(12-9-14)11-6-4-2-3-5-10-16/h14-15H,2-13,16H2,1H3. The zero-order valence-electron chi connectivity index (χ0n) is 12.1. The molecular weight excluding hydrogens is 222 g/mol. The summed E-state index contributed by atoms with van der Waals surface area (Å²) in [5.41, 5.74) is 5.51. The van der Waals surface area contributed by atoms with E-state index in [1.165, 1.54) is 71.0 Å². The maximum Gasteiger partial charge on any atom is 0.0223 e. The number of nitrogens with two attached hydrogens (primary N) is 1. The molecule has 2 bridgehead atoms. The Kier molecular flexibility index (Phi) is 5.93. The van der Waals surface area contributed by atoms with Gasteiger partial charge in [-0.15, -0.1) is 0 Å². The molecule has 0 aromatic rings. The molecule has 2 saturated heterocycles. The Hall–Kier alpha value is -0.120. The Labute approximate surface area is 113 Å². The van der Waals surface area contributed by atoms with E-state index in [9.17, 15) is 0 Å². The fraction of sp³-hybridized carbons (Fsp3) is 1.00. The molecule has 2 aliphatic heterocycles. The lowest BCUT2D eigenvalue weighted by molar-refractivity contribution is 0.216. The topological polar surface area (TPSA) is 32.5 Å². The van der Waals surface area contributed by atoms with Crippen LogP contribution in [-0.4, -0.2) is 55.1 Å². The highest BCUT2D eigenvalue weighted by Gasteiger charge is 2.34. The van der Waals surface area contributed by atoms with E-state index in [2.05, 4.69) is 16.8 Å². The molecule has 0 aliphatic carbocycles. The van der Waals surface area contributed by atoms with Crippen molar-refractivity contribution < 1.29 is 0 Å². The van der Waals surface area contributed by atoms with Crippen LogP contribution in [0.15, 0.2) is 0 Å². The summed E-state index contributed by atoms with van der Waals surface area (Å²) in [5, 5.41) is 0. The Balaban J connectivity index is 1.59. The van der Waals surface area contributed by atoms with Crippen molar-refractivity contribution in [3.05, 3.63) is 0 Å². The lowest BCUT2D eigenvalue weighted by atomic mass is 10.1. The van der Waals surface area contributed by atoms with Gasteiger partial charge in [0.1, 0.15) is 0 Å². The highest BCUT2D eigenvalue weighted by molar-refractivity contribution is 4.90. The van der Waals surface area contributed by atoms with E-state index in [1.54, 1.807) is 0 Å². The summed E-state index contributed by atoms with van der Waals surface area (Å²) in [7, 11) is 2.33. The average Bonchev–Trinajstić information content (AvgIpc) is 2.61. The quantitative estimate of drug-likeness (QED) is 0.705. The maximum atomic E-state index is 5.51. The summed E-state index contributed by atoms with van der Waals surface area (Å²) in [5.74, 6) is 0. The van der Waals surface area contributed by atoms with E-state index in [4.69, 9.17) is 5.73 Å². The summed E-state index contributed by atoms with van der Waals surface area (Å²) in [6, 6.07) is 1.72. The van der Waals surface area contributed by atoms with Crippen molar-refractivity contribution in [3.8, 4) is 0 Å². The third kappa shape index (κ3) is 3.94.